The normalized spacial score (nSPS) is 12.5. The standard InChI is InChI=1S/C17H18N2O2/c1-19-10-9-13(18-19)11-15(20)17-14-6-4-3-5-12(14)7-8-16(17)21-2/h3-10,15,20H,11H2,1-2H3. The number of aromatic nitrogens is 2. The second-order valence-corrected chi connectivity index (χ2v) is 5.10. The minimum absolute atomic E-state index is 0.463. The molecule has 0 fully saturated rings. The molecule has 1 atom stereocenters. The topological polar surface area (TPSA) is 47.3 Å². The van der Waals surface area contributed by atoms with Crippen molar-refractivity contribution in [3.8, 4) is 5.75 Å². The number of benzene rings is 2. The number of rotatable bonds is 4. The summed E-state index contributed by atoms with van der Waals surface area (Å²) >= 11 is 0. The Hall–Kier alpha value is -2.33. The third-order valence-electron chi connectivity index (χ3n) is 3.66. The van der Waals surface area contributed by atoms with Crippen molar-refractivity contribution in [3.63, 3.8) is 0 Å². The Bertz CT molecular complexity index is 764. The van der Waals surface area contributed by atoms with Crippen LogP contribution in [0.2, 0.25) is 0 Å². The van der Waals surface area contributed by atoms with Crippen molar-refractivity contribution in [2.24, 2.45) is 7.05 Å². The van der Waals surface area contributed by atoms with Gasteiger partial charge in [-0.1, -0.05) is 30.3 Å². The van der Waals surface area contributed by atoms with Crippen LogP contribution in [0.5, 0.6) is 5.75 Å². The van der Waals surface area contributed by atoms with Crippen molar-refractivity contribution in [3.05, 3.63) is 59.9 Å². The van der Waals surface area contributed by atoms with Gasteiger partial charge in [0.05, 0.1) is 18.9 Å². The van der Waals surface area contributed by atoms with Crippen LogP contribution in [-0.2, 0) is 13.5 Å². The molecule has 1 heterocycles. The molecule has 0 spiro atoms. The van der Waals surface area contributed by atoms with Gasteiger partial charge in [-0.25, -0.2) is 0 Å². The lowest BCUT2D eigenvalue weighted by molar-refractivity contribution is 0.174. The number of fused-ring (bicyclic) bond motifs is 1. The van der Waals surface area contributed by atoms with Crippen LogP contribution in [0.15, 0.2) is 48.7 Å². The molecule has 0 saturated carbocycles. The van der Waals surface area contributed by atoms with Gasteiger partial charge in [0, 0.05) is 25.2 Å². The van der Waals surface area contributed by atoms with E-state index < -0.39 is 6.10 Å². The molecular formula is C17H18N2O2. The monoisotopic (exact) mass is 282 g/mol. The van der Waals surface area contributed by atoms with Gasteiger partial charge in [-0.2, -0.15) is 5.10 Å². The zero-order chi connectivity index (χ0) is 14.8. The Kier molecular flexibility index (Phi) is 3.62. The predicted molar refractivity (Wildman–Crippen MR) is 82.4 cm³/mol. The number of aliphatic hydroxyl groups excluding tert-OH is 1. The van der Waals surface area contributed by atoms with Gasteiger partial charge in [0.15, 0.2) is 0 Å². The summed E-state index contributed by atoms with van der Waals surface area (Å²) in [5, 5.41) is 17.1. The van der Waals surface area contributed by atoms with Crippen LogP contribution >= 0.6 is 0 Å². The second kappa shape index (κ2) is 5.58. The molecule has 0 saturated heterocycles. The molecule has 4 heteroatoms. The molecular weight excluding hydrogens is 264 g/mol. The summed E-state index contributed by atoms with van der Waals surface area (Å²) in [5.74, 6) is 0.706. The number of hydrogen-bond donors (Lipinski definition) is 1. The first-order valence-corrected chi connectivity index (χ1v) is 6.91. The number of aryl methyl sites for hydroxylation is 1. The minimum Gasteiger partial charge on any atom is -0.496 e. The molecule has 1 aromatic heterocycles. The molecule has 0 aliphatic carbocycles. The summed E-state index contributed by atoms with van der Waals surface area (Å²) in [5.41, 5.74) is 1.68. The summed E-state index contributed by atoms with van der Waals surface area (Å²) in [6.45, 7) is 0. The van der Waals surface area contributed by atoms with Crippen molar-refractivity contribution in [2.75, 3.05) is 7.11 Å². The van der Waals surface area contributed by atoms with E-state index in [1.54, 1.807) is 11.8 Å². The maximum Gasteiger partial charge on any atom is 0.125 e. The maximum atomic E-state index is 10.7. The van der Waals surface area contributed by atoms with Gasteiger partial charge in [-0.15, -0.1) is 0 Å². The van der Waals surface area contributed by atoms with Crippen molar-refractivity contribution < 1.29 is 9.84 Å². The van der Waals surface area contributed by atoms with Gasteiger partial charge in [0.25, 0.3) is 0 Å². The third kappa shape index (κ3) is 2.62. The smallest absolute Gasteiger partial charge is 0.125 e. The van der Waals surface area contributed by atoms with Crippen LogP contribution in [0.1, 0.15) is 17.4 Å². The van der Waals surface area contributed by atoms with Gasteiger partial charge in [0.1, 0.15) is 5.75 Å². The van der Waals surface area contributed by atoms with E-state index >= 15 is 0 Å². The molecule has 0 aliphatic rings. The van der Waals surface area contributed by atoms with E-state index in [4.69, 9.17) is 4.74 Å². The Balaban J connectivity index is 2.04. The molecule has 3 rings (SSSR count). The van der Waals surface area contributed by atoms with E-state index in [-0.39, 0.29) is 0 Å². The lowest BCUT2D eigenvalue weighted by Gasteiger charge is -2.17. The Labute approximate surface area is 123 Å². The number of aliphatic hydroxyl groups is 1. The van der Waals surface area contributed by atoms with E-state index in [2.05, 4.69) is 5.10 Å². The molecule has 3 aromatic rings. The van der Waals surface area contributed by atoms with Crippen molar-refractivity contribution in [2.45, 2.75) is 12.5 Å². The van der Waals surface area contributed by atoms with Gasteiger partial charge in [-0.05, 0) is 22.9 Å². The predicted octanol–water partition coefficient (Wildman–Crippen LogP) is 2.86. The first kappa shape index (κ1) is 13.6. The highest BCUT2D eigenvalue weighted by molar-refractivity contribution is 5.88. The molecule has 2 aromatic carbocycles. The summed E-state index contributed by atoms with van der Waals surface area (Å²) in [4.78, 5) is 0. The van der Waals surface area contributed by atoms with Crippen LogP contribution in [0, 0.1) is 0 Å². The molecule has 0 amide bonds. The first-order valence-electron chi connectivity index (χ1n) is 6.91. The fraction of sp³-hybridized carbons (Fsp3) is 0.235. The fourth-order valence-corrected chi connectivity index (χ4v) is 2.67. The average Bonchev–Trinajstić information content (AvgIpc) is 2.90. The van der Waals surface area contributed by atoms with Gasteiger partial charge < -0.3 is 9.84 Å². The number of methoxy groups -OCH3 is 1. The quantitative estimate of drug-likeness (QED) is 0.800. The summed E-state index contributed by atoms with van der Waals surface area (Å²) in [7, 11) is 3.50. The van der Waals surface area contributed by atoms with Gasteiger partial charge in [0.2, 0.25) is 0 Å². The minimum atomic E-state index is -0.652. The van der Waals surface area contributed by atoms with Crippen LogP contribution in [0.3, 0.4) is 0 Å². The average molecular weight is 282 g/mol. The van der Waals surface area contributed by atoms with E-state index in [9.17, 15) is 5.11 Å². The largest absolute Gasteiger partial charge is 0.496 e. The lowest BCUT2D eigenvalue weighted by Crippen LogP contribution is -2.06. The molecule has 108 valence electrons. The van der Waals surface area contributed by atoms with E-state index in [0.29, 0.717) is 12.2 Å². The van der Waals surface area contributed by atoms with Gasteiger partial charge in [-0.3, -0.25) is 4.68 Å². The summed E-state index contributed by atoms with van der Waals surface area (Å²) < 4.78 is 7.17. The van der Waals surface area contributed by atoms with E-state index in [1.165, 1.54) is 0 Å². The van der Waals surface area contributed by atoms with Crippen molar-refractivity contribution in [1.82, 2.24) is 9.78 Å². The maximum absolute atomic E-state index is 10.7. The molecule has 21 heavy (non-hydrogen) atoms. The number of nitrogens with zero attached hydrogens (tertiary/aromatic N) is 2. The van der Waals surface area contributed by atoms with E-state index in [1.807, 2.05) is 55.7 Å². The Morgan fingerprint density at radius 2 is 2.00 bits per heavy atom. The summed E-state index contributed by atoms with van der Waals surface area (Å²) in [6, 6.07) is 13.8. The highest BCUT2D eigenvalue weighted by Crippen LogP contribution is 2.34. The van der Waals surface area contributed by atoms with E-state index in [0.717, 1.165) is 22.0 Å². The van der Waals surface area contributed by atoms with Crippen LogP contribution in [0.25, 0.3) is 10.8 Å². The van der Waals surface area contributed by atoms with Gasteiger partial charge >= 0.3 is 0 Å². The third-order valence-corrected chi connectivity index (χ3v) is 3.66. The zero-order valence-corrected chi connectivity index (χ0v) is 12.2. The summed E-state index contributed by atoms with van der Waals surface area (Å²) in [6.07, 6.45) is 1.69. The zero-order valence-electron chi connectivity index (χ0n) is 12.2. The fourth-order valence-electron chi connectivity index (χ4n) is 2.67. The van der Waals surface area contributed by atoms with Crippen LogP contribution < -0.4 is 4.74 Å². The molecule has 0 radical (unpaired) electrons. The molecule has 0 aliphatic heterocycles. The van der Waals surface area contributed by atoms with Crippen LogP contribution in [0.4, 0.5) is 0 Å². The Morgan fingerprint density at radius 1 is 1.19 bits per heavy atom. The second-order valence-electron chi connectivity index (χ2n) is 5.10. The first-order chi connectivity index (χ1) is 10.2. The highest BCUT2D eigenvalue weighted by Gasteiger charge is 2.18. The Morgan fingerprint density at radius 3 is 2.71 bits per heavy atom. The molecule has 4 nitrogen and oxygen atoms in total. The molecule has 0 bridgehead atoms. The lowest BCUT2D eigenvalue weighted by atomic mass is 9.96. The molecule has 1 N–H and O–H groups in total. The van der Waals surface area contributed by atoms with Crippen molar-refractivity contribution >= 4 is 10.8 Å². The SMILES string of the molecule is COc1ccc2ccccc2c1C(O)Cc1ccn(C)n1. The molecule has 1 unspecified atom stereocenters. The highest BCUT2D eigenvalue weighted by atomic mass is 16.5. The van der Waals surface area contributed by atoms with Crippen molar-refractivity contribution in [1.29, 1.82) is 0 Å². The number of ether oxygens (including phenoxy) is 1. The van der Waals surface area contributed by atoms with Crippen LogP contribution in [-0.4, -0.2) is 22.0 Å². The number of hydrogen-bond acceptors (Lipinski definition) is 3.